The van der Waals surface area contributed by atoms with E-state index in [-0.39, 0.29) is 5.54 Å². The molecule has 0 unspecified atom stereocenters. The third-order valence-electron chi connectivity index (χ3n) is 5.08. The lowest BCUT2D eigenvalue weighted by atomic mass is 9.91. The van der Waals surface area contributed by atoms with Crippen LogP contribution in [0, 0.1) is 6.92 Å². The van der Waals surface area contributed by atoms with Crippen LogP contribution in [0.2, 0.25) is 5.02 Å². The van der Waals surface area contributed by atoms with Gasteiger partial charge in [-0.2, -0.15) is 0 Å². The SMILES string of the molecule is Cc1cccc(-c2ncc3c(N4CCC(C)(N)CC4)nccn23)c1Cl. The van der Waals surface area contributed by atoms with Crippen molar-refractivity contribution in [2.24, 2.45) is 5.73 Å². The van der Waals surface area contributed by atoms with Crippen molar-refractivity contribution in [3.05, 3.63) is 47.4 Å². The lowest BCUT2D eigenvalue weighted by Gasteiger charge is -2.37. The Morgan fingerprint density at radius 3 is 2.72 bits per heavy atom. The fourth-order valence-corrected chi connectivity index (χ4v) is 3.62. The van der Waals surface area contributed by atoms with Crippen molar-refractivity contribution >= 4 is 22.9 Å². The number of anilines is 1. The summed E-state index contributed by atoms with van der Waals surface area (Å²) in [6.07, 6.45) is 7.57. The van der Waals surface area contributed by atoms with E-state index in [1.54, 1.807) is 0 Å². The van der Waals surface area contributed by atoms with E-state index >= 15 is 0 Å². The van der Waals surface area contributed by atoms with Crippen LogP contribution in [0.3, 0.4) is 0 Å². The fraction of sp³-hybridized carbons (Fsp3) is 0.368. The third-order valence-corrected chi connectivity index (χ3v) is 5.58. The Morgan fingerprint density at radius 2 is 1.96 bits per heavy atom. The first kappa shape index (κ1) is 16.4. The van der Waals surface area contributed by atoms with Gasteiger partial charge in [-0.3, -0.25) is 4.40 Å². The maximum atomic E-state index is 6.51. The summed E-state index contributed by atoms with van der Waals surface area (Å²) in [6, 6.07) is 6.02. The molecule has 6 heteroatoms. The van der Waals surface area contributed by atoms with Gasteiger partial charge >= 0.3 is 0 Å². The number of aryl methyl sites for hydroxylation is 1. The van der Waals surface area contributed by atoms with Crippen LogP contribution in [0.15, 0.2) is 36.8 Å². The number of imidazole rings is 1. The first-order valence-electron chi connectivity index (χ1n) is 8.58. The highest BCUT2D eigenvalue weighted by atomic mass is 35.5. The number of nitrogens with two attached hydrogens (primary N) is 1. The first-order valence-corrected chi connectivity index (χ1v) is 8.95. The van der Waals surface area contributed by atoms with E-state index in [0.29, 0.717) is 0 Å². The molecule has 0 spiro atoms. The Morgan fingerprint density at radius 1 is 1.20 bits per heavy atom. The van der Waals surface area contributed by atoms with Crippen LogP contribution in [-0.4, -0.2) is 33.0 Å². The van der Waals surface area contributed by atoms with Crippen LogP contribution in [0.25, 0.3) is 16.9 Å². The van der Waals surface area contributed by atoms with Crippen molar-refractivity contribution in [2.75, 3.05) is 18.0 Å². The number of hydrogen-bond acceptors (Lipinski definition) is 4. The predicted octanol–water partition coefficient (Wildman–Crippen LogP) is 3.68. The first-order chi connectivity index (χ1) is 12.0. The summed E-state index contributed by atoms with van der Waals surface area (Å²) in [5, 5.41) is 0.741. The minimum absolute atomic E-state index is 0.0813. The number of aromatic nitrogens is 3. The number of fused-ring (bicyclic) bond motifs is 1. The lowest BCUT2D eigenvalue weighted by molar-refractivity contribution is 0.363. The summed E-state index contributed by atoms with van der Waals surface area (Å²) >= 11 is 6.51. The van der Waals surface area contributed by atoms with Crippen molar-refractivity contribution < 1.29 is 0 Å². The number of nitrogens with zero attached hydrogens (tertiary/aromatic N) is 4. The summed E-state index contributed by atoms with van der Waals surface area (Å²) < 4.78 is 2.07. The van der Waals surface area contributed by atoms with E-state index in [9.17, 15) is 0 Å². The number of piperidine rings is 1. The van der Waals surface area contributed by atoms with Gasteiger partial charge in [0.2, 0.25) is 0 Å². The van der Waals surface area contributed by atoms with Gasteiger partial charge in [0, 0.05) is 36.6 Å². The fourth-order valence-electron chi connectivity index (χ4n) is 3.41. The highest BCUT2D eigenvalue weighted by Crippen LogP contribution is 2.32. The number of hydrogen-bond donors (Lipinski definition) is 1. The van der Waals surface area contributed by atoms with E-state index in [0.717, 1.165) is 59.2 Å². The average molecular weight is 356 g/mol. The largest absolute Gasteiger partial charge is 0.355 e. The van der Waals surface area contributed by atoms with Crippen LogP contribution in [0.5, 0.6) is 0 Å². The minimum Gasteiger partial charge on any atom is -0.355 e. The molecule has 1 fully saturated rings. The maximum absolute atomic E-state index is 6.51. The standard InChI is InChI=1S/C19H22ClN5/c1-13-4-3-5-14(16(13)20)17-23-12-15-18(22-8-11-25(15)17)24-9-6-19(2,21)7-10-24/h3-5,8,11-12H,6-7,9-10,21H2,1-2H3. The van der Waals surface area contributed by atoms with Crippen molar-refractivity contribution in [3.63, 3.8) is 0 Å². The van der Waals surface area contributed by atoms with Gasteiger partial charge in [-0.15, -0.1) is 0 Å². The zero-order chi connectivity index (χ0) is 17.6. The van der Waals surface area contributed by atoms with Gasteiger partial charge in [-0.25, -0.2) is 9.97 Å². The molecule has 25 heavy (non-hydrogen) atoms. The van der Waals surface area contributed by atoms with Gasteiger partial charge < -0.3 is 10.6 Å². The molecule has 2 aromatic heterocycles. The van der Waals surface area contributed by atoms with Crippen LogP contribution < -0.4 is 10.6 Å². The molecule has 3 aromatic rings. The molecule has 0 atom stereocenters. The lowest BCUT2D eigenvalue weighted by Crippen LogP contribution is -2.48. The molecule has 0 aliphatic carbocycles. The van der Waals surface area contributed by atoms with Crippen LogP contribution in [0.1, 0.15) is 25.3 Å². The van der Waals surface area contributed by atoms with Crippen LogP contribution in [-0.2, 0) is 0 Å². The normalized spacial score (nSPS) is 17.2. The van der Waals surface area contributed by atoms with Crippen LogP contribution >= 0.6 is 11.6 Å². The van der Waals surface area contributed by atoms with Crippen molar-refractivity contribution in [3.8, 4) is 11.4 Å². The Labute approximate surface area is 152 Å². The highest BCUT2D eigenvalue weighted by Gasteiger charge is 2.27. The van der Waals surface area contributed by atoms with E-state index in [2.05, 4.69) is 26.2 Å². The molecule has 5 nitrogen and oxygen atoms in total. The number of benzene rings is 1. The second-order valence-electron chi connectivity index (χ2n) is 7.17. The van der Waals surface area contributed by atoms with E-state index in [1.165, 1.54) is 0 Å². The second kappa shape index (κ2) is 6.00. The molecular weight excluding hydrogens is 334 g/mol. The molecule has 4 rings (SSSR count). The van der Waals surface area contributed by atoms with Gasteiger partial charge in [0.1, 0.15) is 11.3 Å². The van der Waals surface area contributed by atoms with Crippen molar-refractivity contribution in [2.45, 2.75) is 32.2 Å². The van der Waals surface area contributed by atoms with Gasteiger partial charge in [-0.1, -0.05) is 23.7 Å². The van der Waals surface area contributed by atoms with Gasteiger partial charge in [0.25, 0.3) is 0 Å². The summed E-state index contributed by atoms with van der Waals surface area (Å²) in [5.74, 6) is 1.80. The molecule has 0 amide bonds. The zero-order valence-electron chi connectivity index (χ0n) is 14.5. The second-order valence-corrected chi connectivity index (χ2v) is 7.54. The molecule has 1 aliphatic heterocycles. The Hall–Kier alpha value is -2.11. The Kier molecular flexibility index (Phi) is 3.93. The molecule has 130 valence electrons. The van der Waals surface area contributed by atoms with E-state index in [1.807, 2.05) is 43.7 Å². The third kappa shape index (κ3) is 2.87. The molecule has 1 aromatic carbocycles. The number of halogens is 1. The average Bonchev–Trinajstić information content (AvgIpc) is 3.01. The summed E-state index contributed by atoms with van der Waals surface area (Å²) in [5.41, 5.74) is 9.16. The van der Waals surface area contributed by atoms with Gasteiger partial charge in [0.05, 0.1) is 11.2 Å². The number of rotatable bonds is 2. The molecule has 0 saturated carbocycles. The highest BCUT2D eigenvalue weighted by molar-refractivity contribution is 6.34. The maximum Gasteiger partial charge on any atom is 0.154 e. The van der Waals surface area contributed by atoms with E-state index in [4.69, 9.17) is 17.3 Å². The molecule has 1 saturated heterocycles. The Balaban J connectivity index is 1.78. The van der Waals surface area contributed by atoms with Gasteiger partial charge in [-0.05, 0) is 38.3 Å². The molecule has 2 N–H and O–H groups in total. The molecule has 0 radical (unpaired) electrons. The monoisotopic (exact) mass is 355 g/mol. The quantitative estimate of drug-likeness (QED) is 0.761. The minimum atomic E-state index is -0.0813. The van der Waals surface area contributed by atoms with Crippen molar-refractivity contribution in [1.29, 1.82) is 0 Å². The Bertz CT molecular complexity index is 921. The summed E-state index contributed by atoms with van der Waals surface area (Å²) in [6.45, 7) is 5.94. The summed E-state index contributed by atoms with van der Waals surface area (Å²) in [4.78, 5) is 11.6. The predicted molar refractivity (Wildman–Crippen MR) is 102 cm³/mol. The molecule has 3 heterocycles. The van der Waals surface area contributed by atoms with Gasteiger partial charge in [0.15, 0.2) is 5.82 Å². The smallest absolute Gasteiger partial charge is 0.154 e. The molecule has 1 aliphatic rings. The molecular formula is C19H22ClN5. The van der Waals surface area contributed by atoms with Crippen molar-refractivity contribution in [1.82, 2.24) is 14.4 Å². The topological polar surface area (TPSA) is 59.5 Å². The zero-order valence-corrected chi connectivity index (χ0v) is 15.3. The van der Waals surface area contributed by atoms with Crippen LogP contribution in [0.4, 0.5) is 5.82 Å². The molecule has 0 bridgehead atoms. The van der Waals surface area contributed by atoms with E-state index < -0.39 is 0 Å². The summed E-state index contributed by atoms with van der Waals surface area (Å²) in [7, 11) is 0.